The highest BCUT2D eigenvalue weighted by Gasteiger charge is 2.09. The molecule has 0 unspecified atom stereocenters. The quantitative estimate of drug-likeness (QED) is 0.0577. The molecule has 1 aromatic carbocycles. The van der Waals surface area contributed by atoms with Gasteiger partial charge in [0, 0.05) is 12.8 Å². The second-order valence-corrected chi connectivity index (χ2v) is 13.4. The predicted octanol–water partition coefficient (Wildman–Crippen LogP) is 12.6. The van der Waals surface area contributed by atoms with Crippen LogP contribution in [0.15, 0.2) is 29.1 Å². The van der Waals surface area contributed by atoms with Crippen molar-refractivity contribution in [3.63, 3.8) is 0 Å². The molecule has 0 heterocycles. The Bertz CT molecular complexity index is 927. The van der Waals surface area contributed by atoms with E-state index in [9.17, 15) is 14.4 Å². The highest BCUT2D eigenvalue weighted by molar-refractivity contribution is 5.73. The molecule has 0 saturated heterocycles. The predicted molar refractivity (Wildman–Crippen MR) is 194 cm³/mol. The lowest BCUT2D eigenvalue weighted by molar-refractivity contribution is -0.135. The Labute approximate surface area is 283 Å². The highest BCUT2D eigenvalue weighted by atomic mass is 16.5. The van der Waals surface area contributed by atoms with Crippen LogP contribution in [0.25, 0.3) is 0 Å². The van der Waals surface area contributed by atoms with Crippen LogP contribution in [0.2, 0.25) is 0 Å². The number of carbonyl (C=O) groups excluding carboxylic acids is 2. The molecule has 0 aliphatic heterocycles. The first kappa shape index (κ1) is 41.9. The van der Waals surface area contributed by atoms with Gasteiger partial charge in [-0.15, -0.1) is 0 Å². The fraction of sp³-hybridized carbons (Fsp3) is 0.780. The van der Waals surface area contributed by atoms with Gasteiger partial charge < -0.3 is 9.47 Å². The lowest BCUT2D eigenvalue weighted by Crippen LogP contribution is -2.12. The summed E-state index contributed by atoms with van der Waals surface area (Å²) in [5.74, 6) is -0.418. The van der Waals surface area contributed by atoms with Crippen LogP contribution in [-0.4, -0.2) is 11.9 Å². The van der Waals surface area contributed by atoms with E-state index in [0.29, 0.717) is 18.6 Å². The molecule has 0 spiro atoms. The minimum atomic E-state index is -0.399. The summed E-state index contributed by atoms with van der Waals surface area (Å²) in [6.45, 7) is 4.53. The van der Waals surface area contributed by atoms with Crippen molar-refractivity contribution in [3.05, 3.63) is 34.5 Å². The molecule has 0 amide bonds. The van der Waals surface area contributed by atoms with Crippen LogP contribution < -0.4 is 14.9 Å². The SMILES string of the molecule is CCCCCCCCCCCCCCCCCC(=O)Oc1ccc(OC(=O)CCCCCCCCCCCCCCC)ccc1=O. The lowest BCUT2D eigenvalue weighted by Gasteiger charge is -2.04. The van der Waals surface area contributed by atoms with Gasteiger partial charge >= 0.3 is 11.9 Å². The number of esters is 2. The maximum absolute atomic E-state index is 12.4. The molecule has 0 N–H and O–H groups in total. The van der Waals surface area contributed by atoms with Crippen LogP contribution in [0.1, 0.15) is 206 Å². The zero-order valence-corrected chi connectivity index (χ0v) is 30.1. The van der Waals surface area contributed by atoms with Gasteiger partial charge in [0.15, 0.2) is 5.75 Å². The van der Waals surface area contributed by atoms with Gasteiger partial charge in [0.1, 0.15) is 5.75 Å². The third-order valence-electron chi connectivity index (χ3n) is 8.97. The van der Waals surface area contributed by atoms with E-state index in [2.05, 4.69) is 13.8 Å². The van der Waals surface area contributed by atoms with Crippen molar-refractivity contribution in [2.75, 3.05) is 0 Å². The molecular weight excluding hydrogens is 572 g/mol. The summed E-state index contributed by atoms with van der Waals surface area (Å²) in [7, 11) is 0. The Balaban J connectivity index is 2.08. The van der Waals surface area contributed by atoms with Crippen molar-refractivity contribution in [1.29, 1.82) is 0 Å². The number of carbonyl (C=O) groups is 2. The van der Waals surface area contributed by atoms with Crippen LogP contribution >= 0.6 is 0 Å². The molecule has 0 fully saturated rings. The number of rotatable bonds is 32. The number of hydrogen-bond acceptors (Lipinski definition) is 5. The van der Waals surface area contributed by atoms with Gasteiger partial charge in [-0.3, -0.25) is 14.4 Å². The topological polar surface area (TPSA) is 69.7 Å². The first-order valence-corrected chi connectivity index (χ1v) is 19.6. The van der Waals surface area contributed by atoms with Crippen molar-refractivity contribution in [2.45, 2.75) is 206 Å². The zero-order chi connectivity index (χ0) is 33.3. The summed E-state index contributed by atoms with van der Waals surface area (Å²) in [5.41, 5.74) is -0.399. The Morgan fingerprint density at radius 2 is 0.717 bits per heavy atom. The molecule has 5 nitrogen and oxygen atoms in total. The average Bonchev–Trinajstić information content (AvgIpc) is 3.21. The van der Waals surface area contributed by atoms with Gasteiger partial charge in [0.05, 0.1) is 0 Å². The summed E-state index contributed by atoms with van der Waals surface area (Å²) in [5, 5.41) is 0. The third kappa shape index (κ3) is 26.0. The molecule has 0 aliphatic carbocycles. The van der Waals surface area contributed by atoms with Crippen molar-refractivity contribution in [3.8, 4) is 11.5 Å². The molecule has 0 bridgehead atoms. The van der Waals surface area contributed by atoms with E-state index in [0.717, 1.165) is 38.5 Å². The van der Waals surface area contributed by atoms with Gasteiger partial charge in [0.25, 0.3) is 0 Å². The van der Waals surface area contributed by atoms with E-state index >= 15 is 0 Å². The van der Waals surface area contributed by atoms with Gasteiger partial charge in [-0.2, -0.15) is 0 Å². The van der Waals surface area contributed by atoms with Crippen molar-refractivity contribution in [1.82, 2.24) is 0 Å². The first-order valence-electron chi connectivity index (χ1n) is 19.6. The first-order chi connectivity index (χ1) is 22.6. The second kappa shape index (κ2) is 31.4. The molecule has 1 aromatic rings. The van der Waals surface area contributed by atoms with Crippen LogP contribution in [-0.2, 0) is 9.59 Å². The lowest BCUT2D eigenvalue weighted by atomic mass is 10.0. The summed E-state index contributed by atoms with van der Waals surface area (Å²) in [6.07, 6.45) is 36.1. The van der Waals surface area contributed by atoms with Gasteiger partial charge in [-0.1, -0.05) is 181 Å². The Morgan fingerprint density at radius 3 is 1.09 bits per heavy atom. The molecule has 5 heteroatoms. The van der Waals surface area contributed by atoms with E-state index in [4.69, 9.17) is 9.47 Å². The summed E-state index contributed by atoms with van der Waals surface area (Å²) >= 11 is 0. The van der Waals surface area contributed by atoms with Crippen LogP contribution in [0, 0.1) is 0 Å². The Kier molecular flexibility index (Phi) is 28.6. The van der Waals surface area contributed by atoms with E-state index in [1.807, 2.05) is 0 Å². The van der Waals surface area contributed by atoms with Crippen molar-refractivity contribution < 1.29 is 19.1 Å². The van der Waals surface area contributed by atoms with Crippen LogP contribution in [0.5, 0.6) is 11.5 Å². The fourth-order valence-electron chi connectivity index (χ4n) is 5.97. The van der Waals surface area contributed by atoms with Gasteiger partial charge in [0.2, 0.25) is 5.43 Å². The third-order valence-corrected chi connectivity index (χ3v) is 8.97. The second-order valence-electron chi connectivity index (χ2n) is 13.4. The molecule has 0 aliphatic rings. The van der Waals surface area contributed by atoms with E-state index < -0.39 is 5.43 Å². The zero-order valence-electron chi connectivity index (χ0n) is 30.1. The maximum atomic E-state index is 12.4. The van der Waals surface area contributed by atoms with Crippen LogP contribution in [0.4, 0.5) is 0 Å². The van der Waals surface area contributed by atoms with Gasteiger partial charge in [-0.25, -0.2) is 0 Å². The molecule has 264 valence electrons. The number of unbranched alkanes of at least 4 members (excludes halogenated alkanes) is 26. The summed E-state index contributed by atoms with van der Waals surface area (Å²) in [4.78, 5) is 37.0. The summed E-state index contributed by atoms with van der Waals surface area (Å²) in [6, 6.07) is 5.72. The minimum Gasteiger partial charge on any atom is -0.427 e. The number of hydrogen-bond donors (Lipinski definition) is 0. The smallest absolute Gasteiger partial charge is 0.311 e. The van der Waals surface area contributed by atoms with E-state index in [1.54, 1.807) is 0 Å². The monoisotopic (exact) mass is 643 g/mol. The molecular formula is C41H70O5. The Morgan fingerprint density at radius 1 is 0.413 bits per heavy atom. The molecule has 1 rings (SSSR count). The average molecular weight is 643 g/mol. The molecule has 0 radical (unpaired) electrons. The fourth-order valence-corrected chi connectivity index (χ4v) is 5.97. The van der Waals surface area contributed by atoms with Gasteiger partial charge in [-0.05, 0) is 37.1 Å². The molecule has 0 saturated carbocycles. The van der Waals surface area contributed by atoms with Crippen LogP contribution in [0.3, 0.4) is 0 Å². The van der Waals surface area contributed by atoms with Crippen molar-refractivity contribution >= 4 is 11.9 Å². The Hall–Kier alpha value is -2.17. The standard InChI is InChI=1S/C41H70O5/c1-3-5-7-9-11-13-15-17-18-20-22-24-26-28-30-32-41(44)46-39-36-34-37(33-35-38(39)42)45-40(43)31-29-27-25-23-21-19-16-14-12-10-8-6-4-2/h33-36H,3-32H2,1-2H3. The maximum Gasteiger partial charge on any atom is 0.311 e. The van der Waals surface area contributed by atoms with E-state index in [-0.39, 0.29) is 17.7 Å². The molecule has 0 atom stereocenters. The largest absolute Gasteiger partial charge is 0.427 e. The van der Waals surface area contributed by atoms with Crippen molar-refractivity contribution in [2.24, 2.45) is 0 Å². The normalized spacial score (nSPS) is 11.1. The molecule has 0 aromatic heterocycles. The minimum absolute atomic E-state index is 0.0234. The number of ether oxygens (including phenoxy) is 2. The van der Waals surface area contributed by atoms with E-state index in [1.165, 1.54) is 166 Å². The molecule has 46 heavy (non-hydrogen) atoms. The summed E-state index contributed by atoms with van der Waals surface area (Å²) < 4.78 is 10.8. The highest BCUT2D eigenvalue weighted by Crippen LogP contribution is 2.17.